The van der Waals surface area contributed by atoms with E-state index in [-0.39, 0.29) is 11.5 Å². The van der Waals surface area contributed by atoms with Gasteiger partial charge in [-0.25, -0.2) is 4.99 Å². The van der Waals surface area contributed by atoms with Crippen molar-refractivity contribution >= 4 is 33.8 Å². The van der Waals surface area contributed by atoms with Gasteiger partial charge in [0.15, 0.2) is 0 Å². The van der Waals surface area contributed by atoms with Gasteiger partial charge in [0, 0.05) is 16.2 Å². The summed E-state index contributed by atoms with van der Waals surface area (Å²) in [5, 5.41) is 2.50. The third-order valence-electron chi connectivity index (χ3n) is 9.52. The first-order chi connectivity index (χ1) is 22.5. The van der Waals surface area contributed by atoms with E-state index in [1.165, 1.54) is 38.6 Å². The molecular weight excluding hydrogens is 558 g/mol. The van der Waals surface area contributed by atoms with Crippen LogP contribution in [0.4, 0.5) is 0 Å². The first-order valence-electron chi connectivity index (χ1n) is 15.9. The molecule has 46 heavy (non-hydrogen) atoms. The summed E-state index contributed by atoms with van der Waals surface area (Å²) in [5.74, 6) is 0. The number of rotatable bonds is 6. The second-order valence-electron chi connectivity index (χ2n) is 12.6. The van der Waals surface area contributed by atoms with Gasteiger partial charge in [0.2, 0.25) is 0 Å². The minimum absolute atomic E-state index is 0.0609. The standard InChI is InChI=1S/C43H35N3/c1-43(2)35-22-11-9-20-33(35)41-36(43)24-25-40-42(41)34-21-10-12-23-39(34)46(40)28-45-38(30-16-7-4-8-17-30)27-37(44)32-19-13-18-31(26-32)29-14-5-3-6-15-29/h3-28,37H,44H2,1-2H3/b38-27-,45-28+. The van der Waals surface area contributed by atoms with Crippen LogP contribution in [0.2, 0.25) is 0 Å². The summed E-state index contributed by atoms with van der Waals surface area (Å²) in [6.45, 7) is 4.67. The van der Waals surface area contributed by atoms with Crippen LogP contribution >= 0.6 is 0 Å². The molecule has 0 radical (unpaired) electrons. The molecule has 1 aromatic heterocycles. The smallest absolute Gasteiger partial charge is 0.100 e. The normalized spacial score (nSPS) is 14.5. The number of aromatic nitrogens is 1. The second kappa shape index (κ2) is 11.1. The summed E-state index contributed by atoms with van der Waals surface area (Å²) >= 11 is 0. The van der Waals surface area contributed by atoms with E-state index in [0.29, 0.717) is 0 Å². The van der Waals surface area contributed by atoms with E-state index < -0.39 is 0 Å². The van der Waals surface area contributed by atoms with E-state index in [0.717, 1.165) is 33.4 Å². The molecule has 1 heterocycles. The maximum absolute atomic E-state index is 6.89. The summed E-state index contributed by atoms with van der Waals surface area (Å²) in [6, 6.07) is 50.9. The van der Waals surface area contributed by atoms with Crippen LogP contribution in [-0.2, 0) is 5.41 Å². The Balaban J connectivity index is 1.27. The molecule has 222 valence electrons. The number of aliphatic imine (C=N–C) groups is 1. The van der Waals surface area contributed by atoms with E-state index in [2.05, 4.69) is 146 Å². The Morgan fingerprint density at radius 3 is 2.20 bits per heavy atom. The van der Waals surface area contributed by atoms with E-state index in [4.69, 9.17) is 10.7 Å². The van der Waals surface area contributed by atoms with E-state index in [9.17, 15) is 0 Å². The van der Waals surface area contributed by atoms with Crippen LogP contribution in [0.25, 0.3) is 49.8 Å². The lowest BCUT2D eigenvalue weighted by atomic mass is 9.82. The highest BCUT2D eigenvalue weighted by molar-refractivity contribution is 6.19. The van der Waals surface area contributed by atoms with Crippen molar-refractivity contribution in [3.05, 3.63) is 174 Å². The number of nitrogens with two attached hydrogens (primary N) is 1. The maximum Gasteiger partial charge on any atom is 0.100 e. The Kier molecular flexibility index (Phi) is 6.78. The lowest BCUT2D eigenvalue weighted by Gasteiger charge is -2.21. The van der Waals surface area contributed by atoms with Crippen molar-refractivity contribution in [2.24, 2.45) is 10.7 Å². The van der Waals surface area contributed by atoms with Gasteiger partial charge in [-0.3, -0.25) is 4.57 Å². The molecule has 0 bridgehead atoms. The Labute approximate surface area is 270 Å². The highest BCUT2D eigenvalue weighted by Gasteiger charge is 2.37. The van der Waals surface area contributed by atoms with E-state index in [1.807, 2.05) is 30.6 Å². The van der Waals surface area contributed by atoms with Gasteiger partial charge < -0.3 is 5.73 Å². The SMILES string of the molecule is CC1(C)c2ccccc2-c2c1ccc1c2c2ccccc2n1/C=N/C(=C\C(N)c1cccc(-c2ccccc2)c1)c1ccccc1. The van der Waals surface area contributed by atoms with Crippen molar-refractivity contribution < 1.29 is 0 Å². The molecule has 1 atom stereocenters. The zero-order chi connectivity index (χ0) is 31.3. The molecule has 6 aromatic carbocycles. The Morgan fingerprint density at radius 2 is 1.37 bits per heavy atom. The van der Waals surface area contributed by atoms with Crippen LogP contribution in [0.5, 0.6) is 0 Å². The van der Waals surface area contributed by atoms with Gasteiger partial charge in [0.05, 0.1) is 22.8 Å². The molecule has 1 unspecified atom stereocenters. The Hall–Kier alpha value is -5.51. The minimum atomic E-state index is -0.337. The van der Waals surface area contributed by atoms with E-state index >= 15 is 0 Å². The predicted octanol–water partition coefficient (Wildman–Crippen LogP) is 10.4. The van der Waals surface area contributed by atoms with Crippen molar-refractivity contribution in [3.8, 4) is 22.3 Å². The summed E-state index contributed by atoms with van der Waals surface area (Å²) in [7, 11) is 0. The average Bonchev–Trinajstić information content (AvgIpc) is 3.55. The zero-order valence-electron chi connectivity index (χ0n) is 26.1. The van der Waals surface area contributed by atoms with Gasteiger partial charge in [0.25, 0.3) is 0 Å². The summed E-state index contributed by atoms with van der Waals surface area (Å²) in [4.78, 5) is 5.17. The van der Waals surface area contributed by atoms with Crippen molar-refractivity contribution in [2.75, 3.05) is 0 Å². The molecule has 0 aliphatic heterocycles. The molecule has 0 saturated heterocycles. The van der Waals surface area contributed by atoms with Crippen LogP contribution in [0.1, 0.15) is 42.1 Å². The largest absolute Gasteiger partial charge is 0.321 e. The first kappa shape index (κ1) is 28.0. The molecule has 8 rings (SSSR count). The van der Waals surface area contributed by atoms with Crippen LogP contribution in [0.3, 0.4) is 0 Å². The van der Waals surface area contributed by atoms with Gasteiger partial charge >= 0.3 is 0 Å². The molecule has 2 N–H and O–H groups in total. The number of fused-ring (bicyclic) bond motifs is 7. The molecule has 0 spiro atoms. The third-order valence-corrected chi connectivity index (χ3v) is 9.52. The molecule has 1 aliphatic rings. The third kappa shape index (κ3) is 4.60. The average molecular weight is 594 g/mol. The van der Waals surface area contributed by atoms with Crippen LogP contribution in [0.15, 0.2) is 157 Å². The van der Waals surface area contributed by atoms with Crippen LogP contribution < -0.4 is 5.73 Å². The molecule has 0 fully saturated rings. The Morgan fingerprint density at radius 1 is 0.674 bits per heavy atom. The number of nitrogens with zero attached hydrogens (tertiary/aromatic N) is 2. The minimum Gasteiger partial charge on any atom is -0.321 e. The number of para-hydroxylation sites is 1. The maximum atomic E-state index is 6.89. The van der Waals surface area contributed by atoms with Crippen LogP contribution in [0, 0.1) is 0 Å². The fourth-order valence-electron chi connectivity index (χ4n) is 7.17. The second-order valence-corrected chi connectivity index (χ2v) is 12.6. The molecule has 1 aliphatic carbocycles. The molecule has 0 amide bonds. The fraction of sp³-hybridized carbons (Fsp3) is 0.0930. The lowest BCUT2D eigenvalue weighted by molar-refractivity contribution is 0.661. The van der Waals surface area contributed by atoms with Gasteiger partial charge in [-0.1, -0.05) is 141 Å². The Bertz CT molecular complexity index is 2290. The highest BCUT2D eigenvalue weighted by Crippen LogP contribution is 2.52. The fourth-order valence-corrected chi connectivity index (χ4v) is 7.17. The molecule has 7 aromatic rings. The molecule has 0 saturated carbocycles. The van der Waals surface area contributed by atoms with Crippen LogP contribution in [-0.4, -0.2) is 10.9 Å². The summed E-state index contributed by atoms with van der Waals surface area (Å²) < 4.78 is 2.23. The lowest BCUT2D eigenvalue weighted by Crippen LogP contribution is -2.14. The van der Waals surface area contributed by atoms with Crippen molar-refractivity contribution in [2.45, 2.75) is 25.3 Å². The zero-order valence-corrected chi connectivity index (χ0v) is 26.1. The predicted molar refractivity (Wildman–Crippen MR) is 194 cm³/mol. The monoisotopic (exact) mass is 593 g/mol. The molecule has 3 heteroatoms. The van der Waals surface area contributed by atoms with Crippen molar-refractivity contribution in [3.63, 3.8) is 0 Å². The first-order valence-corrected chi connectivity index (χ1v) is 15.9. The highest BCUT2D eigenvalue weighted by atomic mass is 15.0. The summed E-state index contributed by atoms with van der Waals surface area (Å²) in [5.41, 5.74) is 19.7. The quantitative estimate of drug-likeness (QED) is 0.151. The summed E-state index contributed by atoms with van der Waals surface area (Å²) in [6.07, 6.45) is 4.04. The number of benzene rings is 6. The molecular formula is C43H35N3. The number of hydrogen-bond acceptors (Lipinski definition) is 2. The van der Waals surface area contributed by atoms with Gasteiger partial charge in [-0.2, -0.15) is 0 Å². The van der Waals surface area contributed by atoms with E-state index in [1.54, 1.807) is 0 Å². The van der Waals surface area contributed by atoms with Gasteiger partial charge in [0.1, 0.15) is 6.34 Å². The van der Waals surface area contributed by atoms with Gasteiger partial charge in [-0.15, -0.1) is 0 Å². The van der Waals surface area contributed by atoms with Crippen molar-refractivity contribution in [1.29, 1.82) is 0 Å². The number of hydrogen-bond donors (Lipinski definition) is 1. The topological polar surface area (TPSA) is 43.3 Å². The van der Waals surface area contributed by atoms with Crippen molar-refractivity contribution in [1.82, 2.24) is 4.57 Å². The molecule has 3 nitrogen and oxygen atoms in total. The van der Waals surface area contributed by atoms with Gasteiger partial charge in [-0.05, 0) is 68.8 Å².